The molecule has 1 spiro atoms. The third-order valence-electron chi connectivity index (χ3n) is 13.8. The Labute approximate surface area is 355 Å². The highest BCUT2D eigenvalue weighted by atomic mass is 15.0. The maximum absolute atomic E-state index is 5.35. The molecular formula is C59H40N2. The molecule has 0 saturated heterocycles. The van der Waals surface area contributed by atoms with Crippen molar-refractivity contribution < 1.29 is 0 Å². The summed E-state index contributed by atoms with van der Waals surface area (Å²) in [5.41, 5.74) is 22.1. The summed E-state index contributed by atoms with van der Waals surface area (Å²) in [6, 6.07) is 76.9. The molecule has 61 heavy (non-hydrogen) atoms. The molecule has 0 amide bonds. The maximum atomic E-state index is 5.35. The number of aryl methyl sites for hydroxylation is 1. The topological polar surface area (TPSA) is 24.9 Å². The van der Waals surface area contributed by atoms with E-state index in [0.717, 1.165) is 35.0 Å². The highest BCUT2D eigenvalue weighted by Gasteiger charge is 2.53. The number of pyridine rings is 1. The number of nitrogens with zero attached hydrogens (tertiary/aromatic N) is 1. The number of aromatic nitrogens is 1. The number of benzene rings is 9. The van der Waals surface area contributed by atoms with Gasteiger partial charge in [0, 0.05) is 10.9 Å². The smallest absolute Gasteiger partial charge is 0.0943 e. The van der Waals surface area contributed by atoms with E-state index in [1.165, 1.54) is 94.3 Å². The van der Waals surface area contributed by atoms with Crippen LogP contribution in [0.4, 0.5) is 5.69 Å². The summed E-state index contributed by atoms with van der Waals surface area (Å²) >= 11 is 0. The molecule has 0 fully saturated rings. The van der Waals surface area contributed by atoms with Crippen LogP contribution in [-0.4, -0.2) is 4.98 Å². The molecule has 13 rings (SSSR count). The molecule has 10 aromatic rings. The van der Waals surface area contributed by atoms with E-state index in [0.29, 0.717) is 0 Å². The lowest BCUT2D eigenvalue weighted by Gasteiger charge is -2.32. The first-order chi connectivity index (χ1) is 30.2. The third-order valence-corrected chi connectivity index (χ3v) is 13.8. The first-order valence-corrected chi connectivity index (χ1v) is 21.5. The molecule has 1 unspecified atom stereocenters. The molecule has 1 atom stereocenters. The molecule has 9 aromatic carbocycles. The Morgan fingerprint density at radius 3 is 1.90 bits per heavy atom. The quantitative estimate of drug-likeness (QED) is 0.193. The first-order valence-electron chi connectivity index (χ1n) is 21.5. The van der Waals surface area contributed by atoms with Crippen molar-refractivity contribution in [2.24, 2.45) is 0 Å². The number of nitrogens with one attached hydrogen (secondary N) is 1. The number of anilines is 1. The van der Waals surface area contributed by atoms with Gasteiger partial charge in [-0.25, -0.2) is 4.98 Å². The van der Waals surface area contributed by atoms with E-state index < -0.39 is 5.41 Å². The van der Waals surface area contributed by atoms with Crippen molar-refractivity contribution in [2.45, 2.75) is 24.3 Å². The molecule has 0 radical (unpaired) electrons. The minimum absolute atomic E-state index is 0.276. The van der Waals surface area contributed by atoms with Crippen LogP contribution in [0.3, 0.4) is 0 Å². The lowest BCUT2D eigenvalue weighted by Crippen LogP contribution is -2.26. The summed E-state index contributed by atoms with van der Waals surface area (Å²) < 4.78 is 0. The van der Waals surface area contributed by atoms with Crippen molar-refractivity contribution in [2.75, 3.05) is 5.32 Å². The molecule has 286 valence electrons. The zero-order chi connectivity index (χ0) is 40.1. The Morgan fingerprint density at radius 1 is 0.459 bits per heavy atom. The largest absolute Gasteiger partial charge is 0.376 e. The van der Waals surface area contributed by atoms with Gasteiger partial charge in [-0.05, 0) is 120 Å². The minimum Gasteiger partial charge on any atom is -0.376 e. The van der Waals surface area contributed by atoms with Crippen molar-refractivity contribution in [3.63, 3.8) is 0 Å². The van der Waals surface area contributed by atoms with E-state index in [1.807, 2.05) is 0 Å². The number of fused-ring (bicyclic) bond motifs is 15. The lowest BCUT2D eigenvalue weighted by molar-refractivity contribution is 0.669. The van der Waals surface area contributed by atoms with Gasteiger partial charge in [0.05, 0.1) is 28.4 Å². The van der Waals surface area contributed by atoms with Crippen LogP contribution in [0.25, 0.3) is 77.4 Å². The van der Waals surface area contributed by atoms with Crippen molar-refractivity contribution in [1.29, 1.82) is 0 Å². The number of rotatable bonds is 4. The maximum Gasteiger partial charge on any atom is 0.0943 e. The number of hydrogen-bond acceptors (Lipinski definition) is 2. The summed E-state index contributed by atoms with van der Waals surface area (Å²) in [7, 11) is 0. The van der Waals surface area contributed by atoms with E-state index in [-0.39, 0.29) is 6.04 Å². The van der Waals surface area contributed by atoms with Gasteiger partial charge in [-0.3, -0.25) is 0 Å². The molecule has 0 saturated carbocycles. The Morgan fingerprint density at radius 2 is 1.11 bits per heavy atom. The fraction of sp³-hybridized carbons (Fsp3) is 0.0678. The van der Waals surface area contributed by atoms with Gasteiger partial charge in [-0.15, -0.1) is 0 Å². The molecule has 3 aliphatic rings. The Balaban J connectivity index is 0.968. The zero-order valence-electron chi connectivity index (χ0n) is 33.6. The van der Waals surface area contributed by atoms with Crippen LogP contribution in [0.5, 0.6) is 0 Å². The van der Waals surface area contributed by atoms with Gasteiger partial charge in [0.1, 0.15) is 0 Å². The fourth-order valence-corrected chi connectivity index (χ4v) is 11.1. The van der Waals surface area contributed by atoms with Gasteiger partial charge in [-0.2, -0.15) is 0 Å². The van der Waals surface area contributed by atoms with Gasteiger partial charge >= 0.3 is 0 Å². The Bertz CT molecular complexity index is 3340. The summed E-state index contributed by atoms with van der Waals surface area (Å²) in [5, 5.41) is 7.61. The third kappa shape index (κ3) is 5.00. The summed E-state index contributed by atoms with van der Waals surface area (Å²) in [4.78, 5) is 5.35. The van der Waals surface area contributed by atoms with Crippen LogP contribution >= 0.6 is 0 Å². The highest BCUT2D eigenvalue weighted by molar-refractivity contribution is 6.09. The molecule has 2 nitrogen and oxygen atoms in total. The molecule has 1 aliphatic heterocycles. The average Bonchev–Trinajstić information content (AvgIpc) is 3.81. The molecule has 1 aromatic heterocycles. The van der Waals surface area contributed by atoms with Gasteiger partial charge in [0.2, 0.25) is 0 Å². The predicted molar refractivity (Wildman–Crippen MR) is 253 cm³/mol. The molecule has 2 aliphatic carbocycles. The van der Waals surface area contributed by atoms with Crippen LogP contribution in [-0.2, 0) is 11.8 Å². The summed E-state index contributed by atoms with van der Waals surface area (Å²) in [5.74, 6) is 0. The van der Waals surface area contributed by atoms with Crippen LogP contribution in [0, 0.1) is 0 Å². The summed E-state index contributed by atoms with van der Waals surface area (Å²) in [6.45, 7) is 0. The second-order valence-corrected chi connectivity index (χ2v) is 17.0. The second kappa shape index (κ2) is 13.2. The van der Waals surface area contributed by atoms with Gasteiger partial charge in [0.25, 0.3) is 0 Å². The minimum atomic E-state index is -0.486. The normalized spacial score (nSPS) is 15.2. The molecule has 0 bridgehead atoms. The fourth-order valence-electron chi connectivity index (χ4n) is 11.1. The van der Waals surface area contributed by atoms with Crippen LogP contribution < -0.4 is 5.32 Å². The monoisotopic (exact) mass is 776 g/mol. The van der Waals surface area contributed by atoms with Crippen molar-refractivity contribution >= 4 is 27.4 Å². The van der Waals surface area contributed by atoms with Crippen molar-refractivity contribution in [3.8, 4) is 55.8 Å². The zero-order valence-corrected chi connectivity index (χ0v) is 33.6. The van der Waals surface area contributed by atoms with Crippen LogP contribution in [0.2, 0.25) is 0 Å². The SMILES string of the molecule is c1ccc(-c2cc3ccccc3c3c2-c2ccc(-c4ccc(-c5ccc6ccc7c(c6n5)NC(c5ccccc5)CC7)cc4)cc2C32c3ccccc3-c3ccccc32)cc1. The van der Waals surface area contributed by atoms with E-state index >= 15 is 0 Å². The van der Waals surface area contributed by atoms with Gasteiger partial charge < -0.3 is 5.32 Å². The lowest BCUT2D eigenvalue weighted by atomic mass is 9.69. The van der Waals surface area contributed by atoms with E-state index in [2.05, 4.69) is 212 Å². The van der Waals surface area contributed by atoms with E-state index in [1.54, 1.807) is 0 Å². The molecule has 2 heterocycles. The van der Waals surface area contributed by atoms with Gasteiger partial charge in [0.15, 0.2) is 0 Å². The van der Waals surface area contributed by atoms with E-state index in [9.17, 15) is 0 Å². The Hall–Kier alpha value is -7.55. The van der Waals surface area contributed by atoms with Gasteiger partial charge in [-0.1, -0.05) is 188 Å². The van der Waals surface area contributed by atoms with Crippen LogP contribution in [0.15, 0.2) is 206 Å². The van der Waals surface area contributed by atoms with E-state index in [4.69, 9.17) is 4.98 Å². The molecule has 2 heteroatoms. The second-order valence-electron chi connectivity index (χ2n) is 17.0. The van der Waals surface area contributed by atoms with Crippen LogP contribution in [0.1, 0.15) is 45.8 Å². The van der Waals surface area contributed by atoms with Crippen molar-refractivity contribution in [3.05, 3.63) is 240 Å². The predicted octanol–water partition coefficient (Wildman–Crippen LogP) is 14.8. The Kier molecular flexibility index (Phi) is 7.44. The average molecular weight is 777 g/mol. The molecule has 1 N–H and O–H groups in total. The highest BCUT2D eigenvalue weighted by Crippen LogP contribution is 2.65. The number of hydrogen-bond donors (Lipinski definition) is 1. The standard InChI is InChI=1S/C59H40N2/c1-3-13-38(14-4-1)49-35-44-17-7-8-18-45(44)56-55(49)48-32-29-43(36-52(48)59(56)50-21-11-9-19-46(50)47-20-10-12-22-51(47)59)37-23-25-40(26-24-37)54-34-31-42-28-27-41-30-33-53(39-15-5-2-6-16-39)60-57(41)58(42)61-54/h1-29,31-32,34-36,53,60H,30,33H2. The summed E-state index contributed by atoms with van der Waals surface area (Å²) in [6.07, 6.45) is 2.11. The van der Waals surface area contributed by atoms with Crippen molar-refractivity contribution in [1.82, 2.24) is 4.98 Å². The first kappa shape index (κ1) is 34.3. The molecular weight excluding hydrogens is 737 g/mol.